The molecule has 0 spiro atoms. The number of fused-ring (bicyclic) bond motifs is 2. The number of β-lactam (4-membered cyclic amide) rings is 2. The first kappa shape index (κ1) is 26.9. The zero-order chi connectivity index (χ0) is 27.2. The van der Waals surface area contributed by atoms with Crippen LogP contribution in [0, 0.1) is 0 Å². The average molecular weight is 590 g/mol. The molecule has 0 aliphatic carbocycles. The molecule has 37 heavy (non-hydrogen) atoms. The molecular formula is C23H26Cl2N4O6S2. The fraction of sp³-hybridized carbons (Fsp3) is 0.565. The number of esters is 2. The van der Waals surface area contributed by atoms with Gasteiger partial charge < -0.3 is 30.7 Å². The van der Waals surface area contributed by atoms with Crippen LogP contribution < -0.4 is 11.5 Å². The molecule has 2 unspecified atom stereocenters. The predicted molar refractivity (Wildman–Crippen MR) is 140 cm³/mol. The summed E-state index contributed by atoms with van der Waals surface area (Å²) >= 11 is 15.6. The highest BCUT2D eigenvalue weighted by molar-refractivity contribution is 8.02. The van der Waals surface area contributed by atoms with E-state index < -0.39 is 51.9 Å². The molecule has 2 amide bonds. The average Bonchev–Trinajstić information content (AvgIpc) is 3.23. The van der Waals surface area contributed by atoms with Crippen molar-refractivity contribution in [1.29, 1.82) is 0 Å². The molecule has 4 N–H and O–H groups in total. The normalized spacial score (nSPS) is 33.7. The second kappa shape index (κ2) is 8.92. The molecule has 0 radical (unpaired) electrons. The van der Waals surface area contributed by atoms with Crippen LogP contribution in [0.15, 0.2) is 18.2 Å². The van der Waals surface area contributed by atoms with Gasteiger partial charge in [-0.15, -0.1) is 23.5 Å². The highest BCUT2D eigenvalue weighted by Crippen LogP contribution is 2.52. The number of halogens is 2. The summed E-state index contributed by atoms with van der Waals surface area (Å²) in [7, 11) is 0. The molecule has 0 aromatic heterocycles. The van der Waals surface area contributed by atoms with Gasteiger partial charge in [-0.1, -0.05) is 29.3 Å². The monoisotopic (exact) mass is 588 g/mol. The third-order valence-electron chi connectivity index (χ3n) is 7.09. The van der Waals surface area contributed by atoms with Crippen molar-refractivity contribution in [3.8, 4) is 0 Å². The topological polar surface area (TPSA) is 145 Å². The van der Waals surface area contributed by atoms with Gasteiger partial charge in [-0.2, -0.15) is 0 Å². The Bertz CT molecular complexity index is 1130. The standard InChI is InChI=1S/C23H26Cl2N4O6S2/c1-22(2)13(28-15(30)11(26)17(28)36-22)19(32)34-21(10-8(24)6-5-7-9(10)25)35-20(33)14-23(3,4)37-18-12(27)16(31)29(14)18/h5-7,11-14,17-18,21H,26-27H2,1-4H3/t11?,12?,13-,14-,17+,18+,21?/m0/s1. The maximum atomic E-state index is 13.5. The third-order valence-corrected chi connectivity index (χ3v) is 10.9. The van der Waals surface area contributed by atoms with Gasteiger partial charge in [0.25, 0.3) is 6.29 Å². The lowest BCUT2D eigenvalue weighted by Gasteiger charge is -2.42. The van der Waals surface area contributed by atoms with E-state index in [4.69, 9.17) is 44.1 Å². The molecule has 4 aliphatic heterocycles. The van der Waals surface area contributed by atoms with Crippen molar-refractivity contribution in [2.75, 3.05) is 0 Å². The molecule has 10 nitrogen and oxygen atoms in total. The molecule has 0 saturated carbocycles. The van der Waals surface area contributed by atoms with E-state index >= 15 is 0 Å². The maximum absolute atomic E-state index is 13.5. The van der Waals surface area contributed by atoms with Crippen LogP contribution in [0.1, 0.15) is 39.5 Å². The van der Waals surface area contributed by atoms with Crippen LogP contribution in [0.3, 0.4) is 0 Å². The molecule has 5 rings (SSSR count). The van der Waals surface area contributed by atoms with Crippen LogP contribution in [0.4, 0.5) is 0 Å². The molecule has 14 heteroatoms. The Hall–Kier alpha value is -1.70. The van der Waals surface area contributed by atoms with E-state index in [9.17, 15) is 19.2 Å². The summed E-state index contributed by atoms with van der Waals surface area (Å²) in [5.41, 5.74) is 11.9. The number of rotatable bonds is 5. The van der Waals surface area contributed by atoms with Crippen molar-refractivity contribution in [3.05, 3.63) is 33.8 Å². The summed E-state index contributed by atoms with van der Waals surface area (Å²) in [4.78, 5) is 54.8. The fourth-order valence-corrected chi connectivity index (χ4v) is 8.97. The summed E-state index contributed by atoms with van der Waals surface area (Å²) < 4.78 is 10.1. The lowest BCUT2D eigenvalue weighted by molar-refractivity contribution is -0.201. The van der Waals surface area contributed by atoms with Crippen molar-refractivity contribution >= 4 is 70.5 Å². The van der Waals surface area contributed by atoms with Crippen molar-refractivity contribution in [2.45, 2.75) is 78.4 Å². The van der Waals surface area contributed by atoms with Crippen LogP contribution in [0.25, 0.3) is 0 Å². The summed E-state index contributed by atoms with van der Waals surface area (Å²) in [6, 6.07) is 1.27. The molecular weight excluding hydrogens is 563 g/mol. The van der Waals surface area contributed by atoms with Crippen molar-refractivity contribution < 1.29 is 28.7 Å². The molecule has 200 valence electrons. The number of nitrogens with two attached hydrogens (primary N) is 2. The van der Waals surface area contributed by atoms with Gasteiger partial charge in [-0.25, -0.2) is 9.59 Å². The summed E-state index contributed by atoms with van der Waals surface area (Å²) in [5.74, 6) is -2.32. The SMILES string of the molecule is CC1(C)S[C@@H]2C(N)C(=O)N2[C@H]1C(=O)OC(OC(=O)[C@@H]1N2C(=O)C(N)[C@H]2SC1(C)C)c1c(Cl)cccc1Cl. The minimum Gasteiger partial charge on any atom is -0.419 e. The summed E-state index contributed by atoms with van der Waals surface area (Å²) in [6.07, 6.45) is -1.63. The van der Waals surface area contributed by atoms with Gasteiger partial charge in [0.2, 0.25) is 11.8 Å². The van der Waals surface area contributed by atoms with Gasteiger partial charge in [0, 0.05) is 9.49 Å². The van der Waals surface area contributed by atoms with Crippen LogP contribution in [-0.2, 0) is 28.7 Å². The smallest absolute Gasteiger partial charge is 0.333 e. The number of carbonyl (C=O) groups is 4. The molecule has 4 fully saturated rings. The quantitative estimate of drug-likeness (QED) is 0.297. The maximum Gasteiger partial charge on any atom is 0.333 e. The highest BCUT2D eigenvalue weighted by Gasteiger charge is 2.65. The number of amides is 2. The second-order valence-corrected chi connectivity index (χ2v) is 14.8. The van der Waals surface area contributed by atoms with Crippen LogP contribution in [0.5, 0.6) is 0 Å². The predicted octanol–water partition coefficient (Wildman–Crippen LogP) is 1.86. The summed E-state index contributed by atoms with van der Waals surface area (Å²) in [6.45, 7) is 7.23. The van der Waals surface area contributed by atoms with Gasteiger partial charge in [0.15, 0.2) is 0 Å². The first-order valence-corrected chi connectivity index (χ1v) is 14.0. The summed E-state index contributed by atoms with van der Waals surface area (Å²) in [5, 5.41) is -0.504. The Labute approximate surface area is 232 Å². The highest BCUT2D eigenvalue weighted by atomic mass is 35.5. The number of benzene rings is 1. The number of carbonyl (C=O) groups excluding carboxylic acids is 4. The number of thioether (sulfide) groups is 2. The fourth-order valence-electron chi connectivity index (χ4n) is 5.26. The Morgan fingerprint density at radius 3 is 1.62 bits per heavy atom. The lowest BCUT2D eigenvalue weighted by Crippen LogP contribution is -2.69. The zero-order valence-corrected chi connectivity index (χ0v) is 23.5. The van der Waals surface area contributed by atoms with E-state index in [0.717, 1.165) is 0 Å². The van der Waals surface area contributed by atoms with Gasteiger partial charge in [0.1, 0.15) is 34.9 Å². The van der Waals surface area contributed by atoms with Crippen molar-refractivity contribution in [3.63, 3.8) is 0 Å². The molecule has 4 aliphatic rings. The largest absolute Gasteiger partial charge is 0.419 e. The van der Waals surface area contributed by atoms with Crippen LogP contribution in [-0.4, -0.2) is 78.0 Å². The zero-order valence-electron chi connectivity index (χ0n) is 20.3. The van der Waals surface area contributed by atoms with E-state index in [1.807, 2.05) is 27.7 Å². The van der Waals surface area contributed by atoms with Gasteiger partial charge in [-0.05, 0) is 39.8 Å². The minimum absolute atomic E-state index is 0.0748. The molecule has 6 atom stereocenters. The second-order valence-electron chi connectivity index (χ2n) is 10.4. The van der Waals surface area contributed by atoms with E-state index in [-0.39, 0.29) is 38.2 Å². The number of nitrogens with zero attached hydrogens (tertiary/aromatic N) is 2. The van der Waals surface area contributed by atoms with E-state index in [1.165, 1.54) is 45.5 Å². The molecule has 4 heterocycles. The van der Waals surface area contributed by atoms with Gasteiger partial charge in [-0.3, -0.25) is 9.59 Å². The first-order chi connectivity index (χ1) is 17.2. The van der Waals surface area contributed by atoms with E-state index in [1.54, 1.807) is 6.07 Å². The van der Waals surface area contributed by atoms with Crippen LogP contribution in [0.2, 0.25) is 10.0 Å². The Morgan fingerprint density at radius 2 is 1.24 bits per heavy atom. The number of ether oxygens (including phenoxy) is 2. The Morgan fingerprint density at radius 1 is 0.865 bits per heavy atom. The Kier molecular flexibility index (Phi) is 6.48. The van der Waals surface area contributed by atoms with Crippen LogP contribution >= 0.6 is 46.7 Å². The molecule has 0 bridgehead atoms. The Balaban J connectivity index is 1.44. The molecule has 1 aromatic rings. The van der Waals surface area contributed by atoms with Crippen molar-refractivity contribution in [1.82, 2.24) is 9.80 Å². The van der Waals surface area contributed by atoms with Crippen molar-refractivity contribution in [2.24, 2.45) is 11.5 Å². The number of hydrogen-bond donors (Lipinski definition) is 2. The lowest BCUT2D eigenvalue weighted by atomic mass is 9.96. The number of hydrogen-bond acceptors (Lipinski definition) is 10. The van der Waals surface area contributed by atoms with E-state index in [2.05, 4.69) is 0 Å². The van der Waals surface area contributed by atoms with E-state index in [0.29, 0.717) is 0 Å². The van der Waals surface area contributed by atoms with Gasteiger partial charge in [0.05, 0.1) is 15.6 Å². The first-order valence-electron chi connectivity index (χ1n) is 11.5. The molecule has 4 saturated heterocycles. The third kappa shape index (κ3) is 4.02. The van der Waals surface area contributed by atoms with Gasteiger partial charge >= 0.3 is 11.9 Å². The minimum atomic E-state index is -1.63. The molecule has 1 aromatic carbocycles.